The van der Waals surface area contributed by atoms with Crippen molar-refractivity contribution < 1.29 is 19.1 Å². The number of hydrazine groups is 1. The molecule has 202 valence electrons. The van der Waals surface area contributed by atoms with Gasteiger partial charge in [-0.1, -0.05) is 53.1 Å². The molecule has 0 aliphatic rings. The van der Waals surface area contributed by atoms with Crippen molar-refractivity contribution in [3.63, 3.8) is 0 Å². The van der Waals surface area contributed by atoms with Crippen molar-refractivity contribution in [3.05, 3.63) is 35.0 Å². The Morgan fingerprint density at radius 3 is 2.14 bits per heavy atom. The minimum atomic E-state index is -0.720. The summed E-state index contributed by atoms with van der Waals surface area (Å²) in [6, 6.07) is 1.73. The average Bonchev–Trinajstić information content (AvgIpc) is 3.36. The van der Waals surface area contributed by atoms with Gasteiger partial charge in [-0.25, -0.2) is 5.01 Å². The van der Waals surface area contributed by atoms with E-state index in [9.17, 15) is 14.4 Å². The summed E-state index contributed by atoms with van der Waals surface area (Å²) in [5.41, 5.74) is 11.8. The molecule has 11 nitrogen and oxygen atoms in total. The Bertz CT molecular complexity index is 888. The van der Waals surface area contributed by atoms with E-state index in [4.69, 9.17) is 10.3 Å². The number of aromatic nitrogens is 1. The monoisotopic (exact) mass is 505 g/mol. The fourth-order valence-electron chi connectivity index (χ4n) is 4.35. The summed E-state index contributed by atoms with van der Waals surface area (Å²) in [4.78, 5) is 44.9. The molecule has 1 rings (SSSR count). The molecule has 0 aromatic carbocycles. The molecule has 1 aromatic heterocycles. The summed E-state index contributed by atoms with van der Waals surface area (Å²) < 4.78 is 7.26. The minimum Gasteiger partial charge on any atom is -0.379 e. The number of methoxy groups -OCH3 is 1. The summed E-state index contributed by atoms with van der Waals surface area (Å²) >= 11 is 0. The van der Waals surface area contributed by atoms with Crippen LogP contribution < -0.4 is 5.43 Å². The van der Waals surface area contributed by atoms with Gasteiger partial charge in [0.15, 0.2) is 0 Å². The van der Waals surface area contributed by atoms with Crippen molar-refractivity contribution >= 4 is 17.7 Å². The van der Waals surface area contributed by atoms with Crippen LogP contribution in [-0.2, 0) is 14.3 Å². The highest BCUT2D eigenvalue weighted by Crippen LogP contribution is 2.25. The first-order chi connectivity index (χ1) is 16.9. The normalized spacial score (nSPS) is 16.4. The molecular formula is C25H43N7O4. The molecule has 0 aliphatic heterocycles. The lowest BCUT2D eigenvalue weighted by Crippen LogP contribution is -2.63. The van der Waals surface area contributed by atoms with E-state index in [1.54, 1.807) is 43.3 Å². The SMILES string of the molecule is CC[C@H](C)[C@@H]([C@@H](CC(=O)n1cccc1)OC)N(NC(=O)[C@H](C(C)C)N(C)C)C(=O)[C@@H](C)[C@H](C)N=[N+]=[N-]. The lowest BCUT2D eigenvalue weighted by Gasteiger charge is -2.42. The largest absolute Gasteiger partial charge is 0.379 e. The molecule has 1 N–H and O–H groups in total. The van der Waals surface area contributed by atoms with Crippen molar-refractivity contribution in [3.8, 4) is 0 Å². The fraction of sp³-hybridized carbons (Fsp3) is 0.720. The number of nitrogens with one attached hydrogen (secondary N) is 1. The lowest BCUT2D eigenvalue weighted by molar-refractivity contribution is -0.156. The van der Waals surface area contributed by atoms with Crippen LogP contribution in [0.5, 0.6) is 0 Å². The third-order valence-electron chi connectivity index (χ3n) is 6.75. The van der Waals surface area contributed by atoms with Crippen molar-refractivity contribution in [2.75, 3.05) is 21.2 Å². The van der Waals surface area contributed by atoms with Gasteiger partial charge >= 0.3 is 0 Å². The summed E-state index contributed by atoms with van der Waals surface area (Å²) in [5.74, 6) is -1.82. The van der Waals surface area contributed by atoms with Crippen LogP contribution in [0.3, 0.4) is 0 Å². The number of amides is 2. The smallest absolute Gasteiger partial charge is 0.256 e. The molecule has 36 heavy (non-hydrogen) atoms. The number of hydrogen-bond donors (Lipinski definition) is 1. The molecule has 0 bridgehead atoms. The number of rotatable bonds is 13. The molecule has 0 aliphatic carbocycles. The van der Waals surface area contributed by atoms with E-state index >= 15 is 0 Å². The zero-order chi connectivity index (χ0) is 27.6. The van der Waals surface area contributed by atoms with Crippen LogP contribution in [0.25, 0.3) is 10.4 Å². The molecule has 0 saturated carbocycles. The maximum atomic E-state index is 13.8. The van der Waals surface area contributed by atoms with Crippen LogP contribution in [0, 0.1) is 17.8 Å². The molecule has 0 unspecified atom stereocenters. The van der Waals surface area contributed by atoms with Crippen molar-refractivity contribution in [1.29, 1.82) is 0 Å². The van der Waals surface area contributed by atoms with Crippen LogP contribution in [0.2, 0.25) is 0 Å². The Labute approximate surface area is 214 Å². The number of azide groups is 1. The van der Waals surface area contributed by atoms with Gasteiger partial charge in [0.05, 0.1) is 24.6 Å². The third-order valence-corrected chi connectivity index (χ3v) is 6.75. The Morgan fingerprint density at radius 2 is 1.69 bits per heavy atom. The Hall–Kier alpha value is -2.88. The third kappa shape index (κ3) is 8.08. The van der Waals surface area contributed by atoms with E-state index in [0.717, 1.165) is 0 Å². The fourth-order valence-corrected chi connectivity index (χ4v) is 4.35. The van der Waals surface area contributed by atoms with Crippen LogP contribution in [0.15, 0.2) is 29.6 Å². The molecule has 0 radical (unpaired) electrons. The Balaban J connectivity index is 3.52. The summed E-state index contributed by atoms with van der Waals surface area (Å²) in [6.45, 7) is 11.1. The van der Waals surface area contributed by atoms with Gasteiger partial charge in [0.2, 0.25) is 11.8 Å². The standard InChI is InChI=1S/C25H43N7O4/c1-10-17(4)23(20(36-9)15-21(33)31-13-11-12-14-31)32(25(35)18(5)19(6)27-29-26)28-24(34)22(16(2)3)30(7)8/h11-14,16-20,22-23H,10,15H2,1-9H3,(H,28,34)/t17-,18-,19-,20+,22-,23-/m0/s1. The van der Waals surface area contributed by atoms with Crippen molar-refractivity contribution in [2.24, 2.45) is 22.9 Å². The Kier molecular flexibility index (Phi) is 12.7. The first-order valence-corrected chi connectivity index (χ1v) is 12.4. The molecule has 2 amide bonds. The van der Waals surface area contributed by atoms with E-state index in [0.29, 0.717) is 6.42 Å². The van der Waals surface area contributed by atoms with E-state index < -0.39 is 36.1 Å². The van der Waals surface area contributed by atoms with Crippen LogP contribution in [0.4, 0.5) is 0 Å². The quantitative estimate of drug-likeness (QED) is 0.189. The number of ether oxygens (including phenoxy) is 1. The van der Waals surface area contributed by atoms with Crippen molar-refractivity contribution in [1.82, 2.24) is 19.9 Å². The summed E-state index contributed by atoms with van der Waals surface area (Å²) in [5, 5.41) is 5.01. The molecule has 0 saturated heterocycles. The minimum absolute atomic E-state index is 0.00140. The number of nitrogens with zero attached hydrogens (tertiary/aromatic N) is 6. The molecule has 0 fully saturated rings. The highest BCUT2D eigenvalue weighted by Gasteiger charge is 2.40. The molecule has 1 aromatic rings. The highest BCUT2D eigenvalue weighted by atomic mass is 16.5. The van der Waals surface area contributed by atoms with Crippen molar-refractivity contribution in [2.45, 2.75) is 78.6 Å². The molecule has 11 heteroatoms. The summed E-state index contributed by atoms with van der Waals surface area (Å²) in [7, 11) is 5.11. The zero-order valence-corrected chi connectivity index (χ0v) is 23.1. The zero-order valence-electron chi connectivity index (χ0n) is 23.1. The van der Waals surface area contributed by atoms with E-state index in [2.05, 4.69) is 15.5 Å². The van der Waals surface area contributed by atoms with E-state index in [1.807, 2.05) is 41.8 Å². The van der Waals surface area contributed by atoms with Gasteiger partial charge < -0.3 is 4.74 Å². The van der Waals surface area contributed by atoms with Gasteiger partial charge in [0.1, 0.15) is 0 Å². The first-order valence-electron chi connectivity index (χ1n) is 12.4. The maximum Gasteiger partial charge on any atom is 0.256 e. The predicted molar refractivity (Wildman–Crippen MR) is 139 cm³/mol. The molecular weight excluding hydrogens is 462 g/mol. The maximum absolute atomic E-state index is 13.8. The van der Waals surface area contributed by atoms with Gasteiger partial charge in [-0.15, -0.1) is 0 Å². The number of likely N-dealkylation sites (N-methyl/N-ethyl adjacent to an activating group) is 1. The van der Waals surface area contributed by atoms with Gasteiger partial charge in [0.25, 0.3) is 5.91 Å². The number of hydrogen-bond acceptors (Lipinski definition) is 6. The first kappa shape index (κ1) is 31.2. The van der Waals surface area contributed by atoms with Crippen LogP contribution >= 0.6 is 0 Å². The second-order valence-electron chi connectivity index (χ2n) is 9.91. The number of carbonyl (C=O) groups is 3. The molecule has 6 atom stereocenters. The molecule has 0 spiro atoms. The molecule has 1 heterocycles. The van der Waals surface area contributed by atoms with E-state index in [1.165, 1.54) is 16.7 Å². The second-order valence-corrected chi connectivity index (χ2v) is 9.91. The van der Waals surface area contributed by atoms with Gasteiger partial charge in [-0.05, 0) is 43.6 Å². The number of carbonyl (C=O) groups excluding carboxylic acids is 3. The topological polar surface area (TPSA) is 133 Å². The van der Waals surface area contributed by atoms with Gasteiger partial charge in [-0.2, -0.15) is 0 Å². The van der Waals surface area contributed by atoms with E-state index in [-0.39, 0.29) is 30.1 Å². The van der Waals surface area contributed by atoms with Crippen LogP contribution in [0.1, 0.15) is 59.2 Å². The predicted octanol–water partition coefficient (Wildman–Crippen LogP) is 3.73. The Morgan fingerprint density at radius 1 is 1.11 bits per heavy atom. The summed E-state index contributed by atoms with van der Waals surface area (Å²) in [6.07, 6.45) is 3.29. The second kappa shape index (κ2) is 14.6. The van der Waals surface area contributed by atoms with Gasteiger partial charge in [0, 0.05) is 36.4 Å². The highest BCUT2D eigenvalue weighted by molar-refractivity contribution is 5.87. The average molecular weight is 506 g/mol. The van der Waals surface area contributed by atoms with Crippen LogP contribution in [-0.4, -0.2) is 77.6 Å². The van der Waals surface area contributed by atoms with Gasteiger partial charge in [-0.3, -0.25) is 29.3 Å². The lowest BCUT2D eigenvalue weighted by atomic mass is 9.90.